The first-order valence-corrected chi connectivity index (χ1v) is 8.15. The number of carbonyl (C=O) groups is 1. The molecule has 0 bridgehead atoms. The van der Waals surface area contributed by atoms with E-state index in [1.807, 2.05) is 43.3 Å². The number of hydrogen-bond acceptors (Lipinski definition) is 5. The number of carbonyl (C=O) groups excluding carboxylic acids is 1. The van der Waals surface area contributed by atoms with Crippen LogP contribution in [0.3, 0.4) is 0 Å². The zero-order valence-corrected chi connectivity index (χ0v) is 14.7. The number of hydrogen-bond donors (Lipinski definition) is 2. The van der Waals surface area contributed by atoms with Gasteiger partial charge >= 0.3 is 0 Å². The highest BCUT2D eigenvalue weighted by molar-refractivity contribution is 6.30. The number of rotatable bonds is 8. The van der Waals surface area contributed by atoms with E-state index in [1.54, 1.807) is 0 Å². The molecule has 0 aliphatic heterocycles. The van der Waals surface area contributed by atoms with Gasteiger partial charge in [-0.15, -0.1) is 0 Å². The topological polar surface area (TPSA) is 70.2 Å². The van der Waals surface area contributed by atoms with Crippen molar-refractivity contribution in [1.29, 1.82) is 0 Å². The lowest BCUT2D eigenvalue weighted by molar-refractivity contribution is 0.0950. The van der Waals surface area contributed by atoms with Crippen molar-refractivity contribution in [3.8, 4) is 0 Å². The molecule has 1 heterocycles. The monoisotopic (exact) mass is 347 g/mol. The molecule has 1 aromatic heterocycles. The van der Waals surface area contributed by atoms with Gasteiger partial charge in [-0.3, -0.25) is 4.79 Å². The highest BCUT2D eigenvalue weighted by Gasteiger charge is 2.06. The summed E-state index contributed by atoms with van der Waals surface area (Å²) in [5, 5.41) is 6.70. The number of likely N-dealkylation sites (N-methyl/N-ethyl adjacent to an activating group) is 1. The van der Waals surface area contributed by atoms with E-state index in [-0.39, 0.29) is 5.91 Å². The molecule has 0 atom stereocenters. The minimum absolute atomic E-state index is 0.162. The van der Waals surface area contributed by atoms with Crippen molar-refractivity contribution in [3.63, 3.8) is 0 Å². The number of benzene rings is 1. The zero-order chi connectivity index (χ0) is 17.4. The molecule has 0 aliphatic carbocycles. The third kappa shape index (κ3) is 6.14. The van der Waals surface area contributed by atoms with Crippen molar-refractivity contribution in [2.45, 2.75) is 6.42 Å². The minimum Gasteiger partial charge on any atom is -0.354 e. The van der Waals surface area contributed by atoms with E-state index >= 15 is 0 Å². The number of nitrogens with one attached hydrogen (secondary N) is 2. The Hall–Kier alpha value is -2.18. The molecule has 0 spiro atoms. The zero-order valence-electron chi connectivity index (χ0n) is 13.9. The van der Waals surface area contributed by atoms with Crippen LogP contribution < -0.4 is 10.6 Å². The molecule has 6 nitrogen and oxygen atoms in total. The molecule has 0 radical (unpaired) electrons. The molecule has 0 saturated carbocycles. The van der Waals surface area contributed by atoms with E-state index in [1.165, 1.54) is 18.0 Å². The molecule has 0 saturated heterocycles. The molecule has 2 N–H and O–H groups in total. The summed E-state index contributed by atoms with van der Waals surface area (Å²) in [7, 11) is 3.92. The summed E-state index contributed by atoms with van der Waals surface area (Å²) in [6, 6.07) is 7.73. The highest BCUT2D eigenvalue weighted by Crippen LogP contribution is 2.10. The molecule has 128 valence electrons. The summed E-state index contributed by atoms with van der Waals surface area (Å²) in [5.74, 6) is 0.346. The van der Waals surface area contributed by atoms with Gasteiger partial charge in [0.2, 0.25) is 5.95 Å². The van der Waals surface area contributed by atoms with Crippen molar-refractivity contribution in [3.05, 3.63) is 52.8 Å². The largest absolute Gasteiger partial charge is 0.354 e. The van der Waals surface area contributed by atoms with Crippen molar-refractivity contribution in [2.75, 3.05) is 39.0 Å². The molecule has 0 fully saturated rings. The summed E-state index contributed by atoms with van der Waals surface area (Å²) in [6.45, 7) is 2.08. The van der Waals surface area contributed by atoms with E-state index in [2.05, 4.69) is 20.6 Å². The van der Waals surface area contributed by atoms with Gasteiger partial charge in [0, 0.05) is 37.1 Å². The van der Waals surface area contributed by atoms with E-state index in [0.717, 1.165) is 18.0 Å². The van der Waals surface area contributed by atoms with E-state index in [0.29, 0.717) is 24.6 Å². The second-order valence-corrected chi connectivity index (χ2v) is 6.09. The Labute approximate surface area is 147 Å². The summed E-state index contributed by atoms with van der Waals surface area (Å²) in [6.07, 6.45) is 3.90. The maximum absolute atomic E-state index is 11.9. The highest BCUT2D eigenvalue weighted by atomic mass is 35.5. The fourth-order valence-electron chi connectivity index (χ4n) is 2.00. The van der Waals surface area contributed by atoms with Crippen LogP contribution >= 0.6 is 11.6 Å². The maximum atomic E-state index is 11.9. The molecule has 1 aromatic carbocycles. The number of nitrogens with zero attached hydrogens (tertiary/aromatic N) is 3. The van der Waals surface area contributed by atoms with Crippen LogP contribution in [0.25, 0.3) is 0 Å². The predicted octanol–water partition coefficient (Wildman–Crippen LogP) is 2.08. The third-order valence-electron chi connectivity index (χ3n) is 3.37. The number of anilines is 1. The molecular formula is C17H22ClN5O. The van der Waals surface area contributed by atoms with Crippen molar-refractivity contribution >= 4 is 23.5 Å². The fourth-order valence-corrected chi connectivity index (χ4v) is 2.13. The Morgan fingerprint density at radius 3 is 2.42 bits per heavy atom. The van der Waals surface area contributed by atoms with Gasteiger partial charge in [0.1, 0.15) is 0 Å². The van der Waals surface area contributed by atoms with E-state index in [9.17, 15) is 4.79 Å². The molecule has 0 aliphatic rings. The average Bonchev–Trinajstić information content (AvgIpc) is 2.57. The van der Waals surface area contributed by atoms with Crippen LogP contribution in [0.2, 0.25) is 5.02 Å². The summed E-state index contributed by atoms with van der Waals surface area (Å²) in [4.78, 5) is 22.3. The maximum Gasteiger partial charge on any atom is 0.254 e. The lowest BCUT2D eigenvalue weighted by Gasteiger charge is -2.10. The van der Waals surface area contributed by atoms with Gasteiger partial charge < -0.3 is 15.5 Å². The molecule has 24 heavy (non-hydrogen) atoms. The lowest BCUT2D eigenvalue weighted by atomic mass is 10.1. The molecule has 2 rings (SSSR count). The molecule has 0 unspecified atom stereocenters. The number of amides is 1. The summed E-state index contributed by atoms with van der Waals surface area (Å²) >= 11 is 5.86. The van der Waals surface area contributed by atoms with Crippen LogP contribution in [0, 0.1) is 0 Å². The standard InChI is InChI=1S/C17H22ClN5O/c1-23(2)10-9-19-16(24)14-11-21-17(22-12-14)20-8-7-13-3-5-15(18)6-4-13/h3-6,11-12H,7-10H2,1-2H3,(H,19,24)(H,20,21,22). The summed E-state index contributed by atoms with van der Waals surface area (Å²) < 4.78 is 0. The van der Waals surface area contributed by atoms with Crippen LogP contribution in [-0.2, 0) is 6.42 Å². The second kappa shape index (κ2) is 9.20. The molecule has 2 aromatic rings. The molecule has 7 heteroatoms. The number of halogens is 1. The van der Waals surface area contributed by atoms with Crippen LogP contribution in [-0.4, -0.2) is 54.5 Å². The first-order valence-electron chi connectivity index (χ1n) is 7.78. The van der Waals surface area contributed by atoms with Crippen LogP contribution in [0.5, 0.6) is 0 Å². The number of aromatic nitrogens is 2. The quantitative estimate of drug-likeness (QED) is 0.765. The fraction of sp³-hybridized carbons (Fsp3) is 0.353. The Kier molecular flexibility index (Phi) is 6.96. The normalized spacial score (nSPS) is 10.7. The van der Waals surface area contributed by atoms with Crippen LogP contribution in [0.1, 0.15) is 15.9 Å². The molecular weight excluding hydrogens is 326 g/mol. The summed E-state index contributed by atoms with van der Waals surface area (Å²) in [5.41, 5.74) is 1.64. The van der Waals surface area contributed by atoms with Gasteiger partial charge in [-0.1, -0.05) is 23.7 Å². The first-order chi connectivity index (χ1) is 11.5. The Bertz CT molecular complexity index is 643. The smallest absolute Gasteiger partial charge is 0.254 e. The van der Waals surface area contributed by atoms with Crippen molar-refractivity contribution in [2.24, 2.45) is 0 Å². The van der Waals surface area contributed by atoms with Crippen molar-refractivity contribution < 1.29 is 4.79 Å². The van der Waals surface area contributed by atoms with Gasteiger partial charge in [-0.2, -0.15) is 0 Å². The predicted molar refractivity (Wildman–Crippen MR) is 96.6 cm³/mol. The van der Waals surface area contributed by atoms with E-state index in [4.69, 9.17) is 11.6 Å². The van der Waals surface area contributed by atoms with E-state index < -0.39 is 0 Å². The molecule has 1 amide bonds. The Morgan fingerprint density at radius 2 is 1.79 bits per heavy atom. The third-order valence-corrected chi connectivity index (χ3v) is 3.62. The SMILES string of the molecule is CN(C)CCNC(=O)c1cnc(NCCc2ccc(Cl)cc2)nc1. The first kappa shape index (κ1) is 18.2. The lowest BCUT2D eigenvalue weighted by Crippen LogP contribution is -2.31. The second-order valence-electron chi connectivity index (χ2n) is 5.66. The van der Waals surface area contributed by atoms with Gasteiger partial charge in [-0.05, 0) is 38.2 Å². The minimum atomic E-state index is -0.162. The van der Waals surface area contributed by atoms with Gasteiger partial charge in [-0.25, -0.2) is 9.97 Å². The van der Waals surface area contributed by atoms with Crippen LogP contribution in [0.4, 0.5) is 5.95 Å². The van der Waals surface area contributed by atoms with Crippen molar-refractivity contribution in [1.82, 2.24) is 20.2 Å². The Morgan fingerprint density at radius 1 is 1.12 bits per heavy atom. The Balaban J connectivity index is 1.77. The van der Waals surface area contributed by atoms with Gasteiger partial charge in [0.05, 0.1) is 5.56 Å². The van der Waals surface area contributed by atoms with Gasteiger partial charge in [0.25, 0.3) is 5.91 Å². The van der Waals surface area contributed by atoms with Crippen LogP contribution in [0.15, 0.2) is 36.7 Å². The average molecular weight is 348 g/mol. The van der Waals surface area contributed by atoms with Gasteiger partial charge in [0.15, 0.2) is 0 Å².